The molecule has 1 aromatic heterocycles. The highest BCUT2D eigenvalue weighted by atomic mass is 79.9. The lowest BCUT2D eigenvalue weighted by Crippen LogP contribution is -2.15. The van der Waals surface area contributed by atoms with Crippen molar-refractivity contribution in [2.45, 2.75) is 11.8 Å². The summed E-state index contributed by atoms with van der Waals surface area (Å²) in [5.41, 5.74) is 6.83. The Hall–Kier alpha value is -1.12. The number of aryl methyl sites for hydroxylation is 1. The van der Waals surface area contributed by atoms with E-state index >= 15 is 0 Å². The molecule has 2 aromatic rings. The van der Waals surface area contributed by atoms with Crippen LogP contribution in [0.1, 0.15) is 5.69 Å². The van der Waals surface area contributed by atoms with Gasteiger partial charge in [0.05, 0.1) is 0 Å². The second-order valence-corrected chi connectivity index (χ2v) is 7.41. The molecule has 0 radical (unpaired) electrons. The molecule has 20 heavy (non-hydrogen) atoms. The molecule has 0 bridgehead atoms. The number of nitrogens with two attached hydrogens (primary N) is 1. The number of nitrogens with zero attached hydrogens (tertiary/aromatic N) is 1. The van der Waals surface area contributed by atoms with Gasteiger partial charge in [0.25, 0.3) is 10.0 Å². The lowest BCUT2D eigenvalue weighted by Gasteiger charge is -2.11. The van der Waals surface area contributed by atoms with E-state index in [2.05, 4.69) is 41.6 Å². The average Bonchev–Trinajstić information content (AvgIpc) is 2.25. The van der Waals surface area contributed by atoms with E-state index < -0.39 is 10.0 Å². The van der Waals surface area contributed by atoms with E-state index in [-0.39, 0.29) is 10.7 Å². The molecule has 0 aliphatic heterocycles. The zero-order valence-electron chi connectivity index (χ0n) is 10.4. The fourth-order valence-electron chi connectivity index (χ4n) is 1.62. The maximum atomic E-state index is 12.4. The van der Waals surface area contributed by atoms with Gasteiger partial charge >= 0.3 is 0 Å². The zero-order chi connectivity index (χ0) is 14.9. The van der Waals surface area contributed by atoms with E-state index in [0.29, 0.717) is 14.6 Å². The van der Waals surface area contributed by atoms with Crippen molar-refractivity contribution in [2.24, 2.45) is 0 Å². The largest absolute Gasteiger partial charge is 0.399 e. The van der Waals surface area contributed by atoms with Gasteiger partial charge in [0, 0.05) is 20.3 Å². The molecule has 0 saturated carbocycles. The first-order valence-electron chi connectivity index (χ1n) is 5.50. The van der Waals surface area contributed by atoms with Crippen LogP contribution >= 0.6 is 31.9 Å². The van der Waals surface area contributed by atoms with Crippen LogP contribution in [-0.4, -0.2) is 13.4 Å². The number of halogens is 2. The van der Waals surface area contributed by atoms with Crippen molar-refractivity contribution >= 4 is 53.4 Å². The fourth-order valence-corrected chi connectivity index (χ4v) is 5.25. The zero-order valence-corrected chi connectivity index (χ0v) is 14.4. The molecule has 2 rings (SSSR count). The summed E-state index contributed by atoms with van der Waals surface area (Å²) >= 11 is 6.42. The maximum Gasteiger partial charge on any atom is 0.265 e. The van der Waals surface area contributed by atoms with Crippen molar-refractivity contribution < 1.29 is 8.42 Å². The average molecular weight is 421 g/mol. The molecule has 0 spiro atoms. The summed E-state index contributed by atoms with van der Waals surface area (Å²) in [5.74, 6) is 0.264. The number of pyridine rings is 1. The van der Waals surface area contributed by atoms with Gasteiger partial charge in [-0.15, -0.1) is 0 Å². The first-order valence-corrected chi connectivity index (χ1v) is 8.57. The number of benzene rings is 1. The minimum absolute atomic E-state index is 0.0787. The summed E-state index contributed by atoms with van der Waals surface area (Å²) in [6, 6.07) is 8.16. The van der Waals surface area contributed by atoms with Gasteiger partial charge in [0.2, 0.25) is 0 Å². The summed E-state index contributed by atoms with van der Waals surface area (Å²) in [7, 11) is -3.77. The summed E-state index contributed by atoms with van der Waals surface area (Å²) < 4.78 is 28.0. The Labute approximate surface area is 133 Å². The fraction of sp³-hybridized carbons (Fsp3) is 0.0833. The van der Waals surface area contributed by atoms with E-state index in [4.69, 9.17) is 5.73 Å². The lowest BCUT2D eigenvalue weighted by molar-refractivity contribution is 0.600. The second kappa shape index (κ2) is 5.71. The molecule has 5 nitrogen and oxygen atoms in total. The smallest absolute Gasteiger partial charge is 0.265 e. The van der Waals surface area contributed by atoms with Crippen molar-refractivity contribution in [2.75, 3.05) is 10.5 Å². The third-order valence-electron chi connectivity index (χ3n) is 2.42. The minimum Gasteiger partial charge on any atom is -0.399 e. The van der Waals surface area contributed by atoms with Gasteiger partial charge in [-0.3, -0.25) is 4.72 Å². The van der Waals surface area contributed by atoms with Gasteiger partial charge in [0.1, 0.15) is 10.7 Å². The molecule has 106 valence electrons. The Bertz CT molecular complexity index is 740. The number of hydrogen-bond acceptors (Lipinski definition) is 4. The molecule has 0 unspecified atom stereocenters. The van der Waals surface area contributed by atoms with Crippen LogP contribution in [-0.2, 0) is 10.0 Å². The Morgan fingerprint density at radius 3 is 2.35 bits per heavy atom. The second-order valence-electron chi connectivity index (χ2n) is 4.08. The monoisotopic (exact) mass is 419 g/mol. The van der Waals surface area contributed by atoms with Gasteiger partial charge in [-0.25, -0.2) is 13.4 Å². The van der Waals surface area contributed by atoms with E-state index in [1.54, 1.807) is 25.1 Å². The van der Waals surface area contributed by atoms with Crippen LogP contribution in [0.4, 0.5) is 11.5 Å². The number of hydrogen-bond donors (Lipinski definition) is 2. The Morgan fingerprint density at radius 2 is 1.80 bits per heavy atom. The topological polar surface area (TPSA) is 85.1 Å². The highest BCUT2D eigenvalue weighted by Gasteiger charge is 2.22. The number of nitrogen functional groups attached to an aromatic ring is 1. The molecule has 0 aliphatic rings. The normalized spacial score (nSPS) is 11.3. The number of aromatic nitrogens is 1. The third-order valence-corrected chi connectivity index (χ3v) is 5.65. The summed E-state index contributed by atoms with van der Waals surface area (Å²) in [4.78, 5) is 4.19. The van der Waals surface area contributed by atoms with Crippen LogP contribution in [0, 0.1) is 6.92 Å². The molecule has 3 N–H and O–H groups in total. The highest BCUT2D eigenvalue weighted by Crippen LogP contribution is 2.33. The number of rotatable bonds is 3. The van der Waals surface area contributed by atoms with E-state index in [1.807, 2.05) is 0 Å². The van der Waals surface area contributed by atoms with Crippen molar-refractivity contribution in [3.63, 3.8) is 0 Å². The molecule has 0 saturated heterocycles. The van der Waals surface area contributed by atoms with Crippen molar-refractivity contribution in [1.82, 2.24) is 4.98 Å². The molecule has 0 fully saturated rings. The summed E-state index contributed by atoms with van der Waals surface area (Å²) in [5, 5.41) is 0. The lowest BCUT2D eigenvalue weighted by atomic mass is 10.3. The molecule has 1 aromatic carbocycles. The number of anilines is 2. The molecule has 0 aliphatic carbocycles. The maximum absolute atomic E-state index is 12.4. The van der Waals surface area contributed by atoms with Crippen LogP contribution in [0.2, 0.25) is 0 Å². The van der Waals surface area contributed by atoms with Gasteiger partial charge in [-0.2, -0.15) is 0 Å². The van der Waals surface area contributed by atoms with E-state index in [9.17, 15) is 8.42 Å². The SMILES string of the molecule is Cc1cccc(NS(=O)(=O)c2c(Br)cc(N)cc2Br)n1. The molecular formula is C12H11Br2N3O2S. The molecule has 0 amide bonds. The highest BCUT2D eigenvalue weighted by molar-refractivity contribution is 9.11. The Morgan fingerprint density at radius 1 is 1.20 bits per heavy atom. The number of nitrogens with one attached hydrogen (secondary N) is 1. The van der Waals surface area contributed by atoms with Crippen LogP contribution < -0.4 is 10.5 Å². The third kappa shape index (κ3) is 3.31. The summed E-state index contributed by atoms with van der Waals surface area (Å²) in [6.07, 6.45) is 0. The summed E-state index contributed by atoms with van der Waals surface area (Å²) in [6.45, 7) is 1.78. The van der Waals surface area contributed by atoms with Crippen LogP contribution in [0.15, 0.2) is 44.2 Å². The van der Waals surface area contributed by atoms with Crippen molar-refractivity contribution in [1.29, 1.82) is 0 Å². The molecule has 1 heterocycles. The quantitative estimate of drug-likeness (QED) is 0.746. The molecule has 0 atom stereocenters. The van der Waals surface area contributed by atoms with Crippen LogP contribution in [0.25, 0.3) is 0 Å². The van der Waals surface area contributed by atoms with E-state index in [1.165, 1.54) is 12.1 Å². The Kier molecular flexibility index (Phi) is 4.36. The Balaban J connectivity index is 2.46. The van der Waals surface area contributed by atoms with Gasteiger partial charge in [-0.1, -0.05) is 6.07 Å². The van der Waals surface area contributed by atoms with E-state index in [0.717, 1.165) is 5.69 Å². The molecular weight excluding hydrogens is 410 g/mol. The van der Waals surface area contributed by atoms with Gasteiger partial charge < -0.3 is 5.73 Å². The van der Waals surface area contributed by atoms with Crippen LogP contribution in [0.3, 0.4) is 0 Å². The predicted molar refractivity (Wildman–Crippen MR) is 86.0 cm³/mol. The van der Waals surface area contributed by atoms with Crippen molar-refractivity contribution in [3.05, 3.63) is 45.0 Å². The first-order chi connectivity index (χ1) is 9.29. The first kappa shape index (κ1) is 15.3. The van der Waals surface area contributed by atoms with Crippen LogP contribution in [0.5, 0.6) is 0 Å². The van der Waals surface area contributed by atoms with Gasteiger partial charge in [-0.05, 0) is 63.0 Å². The number of sulfonamides is 1. The molecule has 8 heteroatoms. The van der Waals surface area contributed by atoms with Gasteiger partial charge in [0.15, 0.2) is 0 Å². The predicted octanol–water partition coefficient (Wildman–Crippen LogP) is 3.30. The minimum atomic E-state index is -3.77. The van der Waals surface area contributed by atoms with Crippen molar-refractivity contribution in [3.8, 4) is 0 Å². The standard InChI is InChI=1S/C12H11Br2N3O2S/c1-7-3-2-4-11(16-7)17-20(18,19)12-9(13)5-8(15)6-10(12)14/h2-6H,15H2,1H3,(H,16,17).